The number of nitrogens with zero attached hydrogens (tertiary/aromatic N) is 8. The molecule has 3 saturated heterocycles. The summed E-state index contributed by atoms with van der Waals surface area (Å²) in [5.74, 6) is 2.63. The number of piperazine rings is 3. The fraction of sp³-hybridized carbons (Fsp3) is 0.303. The van der Waals surface area contributed by atoms with Gasteiger partial charge in [-0.15, -0.1) is 0 Å². The predicted octanol–water partition coefficient (Wildman–Crippen LogP) is 12.0. The molecule has 3 aliphatic heterocycles. The van der Waals surface area contributed by atoms with Gasteiger partial charge in [-0.2, -0.15) is 24.4 Å². The van der Waals surface area contributed by atoms with Crippen LogP contribution in [0.1, 0.15) is 48.1 Å². The van der Waals surface area contributed by atoms with Gasteiger partial charge in [0.25, 0.3) is 0 Å². The molecule has 3 heterocycles. The Kier molecular flexibility index (Phi) is 34.5. The molecule has 0 bridgehead atoms. The molecule has 3 fully saturated rings. The topological polar surface area (TPSA) is 199 Å². The van der Waals surface area contributed by atoms with E-state index in [1.165, 1.54) is 28.1 Å². The molecule has 18 nitrogen and oxygen atoms in total. The largest absolute Gasteiger partial charge is 0.497 e. The van der Waals surface area contributed by atoms with Crippen molar-refractivity contribution >= 4 is 63.6 Å². The van der Waals surface area contributed by atoms with Crippen molar-refractivity contribution in [2.75, 3.05) is 106 Å². The summed E-state index contributed by atoms with van der Waals surface area (Å²) in [7, 11) is 5.07. The van der Waals surface area contributed by atoms with Crippen molar-refractivity contribution in [2.24, 2.45) is 5.73 Å². The second kappa shape index (κ2) is 44.0. The van der Waals surface area contributed by atoms with Crippen molar-refractivity contribution in [3.63, 3.8) is 0 Å². The molecule has 11 rings (SSSR count). The highest BCUT2D eigenvalue weighted by molar-refractivity contribution is 14.1. The van der Waals surface area contributed by atoms with Gasteiger partial charge >= 0.3 is 12.3 Å². The smallest absolute Gasteiger partial charge is 0.373 e. The Morgan fingerprint density at radius 1 is 0.558 bits per heavy atom. The van der Waals surface area contributed by atoms with Crippen molar-refractivity contribution in [1.82, 2.24) is 20.0 Å². The maximum Gasteiger partial charge on any atom is 0.373 e. The van der Waals surface area contributed by atoms with Gasteiger partial charge in [-0.05, 0) is 124 Å². The number of ether oxygens (including phenoxy) is 3. The van der Waals surface area contributed by atoms with Crippen molar-refractivity contribution in [3.05, 3.63) is 257 Å². The van der Waals surface area contributed by atoms with E-state index in [-0.39, 0.29) is 24.3 Å². The molecule has 0 aliphatic carbocycles. The number of nitrogens with two attached hydrogens (primary N) is 1. The molecule has 2 unspecified atom stereocenters. The summed E-state index contributed by atoms with van der Waals surface area (Å²) in [6.07, 6.45) is 1.66. The van der Waals surface area contributed by atoms with Crippen LogP contribution in [0.2, 0.25) is 0 Å². The first-order valence-corrected chi connectivity index (χ1v) is 32.7. The number of carbonyl (C=O) groups is 1. The Morgan fingerprint density at radius 3 is 1.40 bits per heavy atom. The lowest BCUT2D eigenvalue weighted by Gasteiger charge is -2.42. The highest BCUT2D eigenvalue weighted by atomic mass is 127. The van der Waals surface area contributed by atoms with Crippen LogP contribution in [0, 0.1) is 17.9 Å². The molecule has 8 aromatic rings. The molecule has 0 spiro atoms. The van der Waals surface area contributed by atoms with Gasteiger partial charge < -0.3 is 40.0 Å². The molecule has 1 amide bonds. The average Bonchev–Trinajstić information content (AvgIpc) is 0.838. The standard InChI is InChI=1S/C27H28N4O2.C20H26N2O.C18H22N2O.C8H8N2.CH3I.2CO2/c1-28-23-10-8-21(9-11-23)18-29-27(32)26-20-30(19-22-6-4-3-5-7-22)16-17-31(26)24-12-14-25(33-2)15-13-24;1-3-18-16-21(15-17-7-5-4-6-8-17)13-14-22(18)19-9-11-20(23-2)12-10-19;1-21-18-9-7-17(8-10-18)20-13-11-19(12-14-20)15-16-5-3-2-4-6-16;9-5-7-2-1-3-8(4-7)6-10;1-2;2*2-1-3/h3-15,26H,16-20H2,2H3,(H,29,32);4-12,18H,3,13-16H2,1-2H3;2-10H,11-15H2,1H3;1-4H,5,9H2;1H3;;/i;;;;1D;;. The van der Waals surface area contributed by atoms with Gasteiger partial charge in [0.1, 0.15) is 23.3 Å². The molecular formula is C76H87IN10O8. The fourth-order valence-corrected chi connectivity index (χ4v) is 11.1. The van der Waals surface area contributed by atoms with Crippen LogP contribution in [0.5, 0.6) is 17.2 Å². The second-order valence-corrected chi connectivity index (χ2v) is 21.9. The molecular weight excluding hydrogens is 1310 g/mol. The summed E-state index contributed by atoms with van der Waals surface area (Å²) in [6.45, 7) is 23.2. The van der Waals surface area contributed by atoms with Gasteiger partial charge in [0.2, 0.25) is 5.91 Å². The minimum absolute atomic E-state index is 0.00200. The number of nitrogens with one attached hydrogen (secondary N) is 1. The number of alkyl halides is 1. The lowest BCUT2D eigenvalue weighted by atomic mass is 10.1. The minimum Gasteiger partial charge on any atom is -0.497 e. The number of nitriles is 1. The Balaban J connectivity index is 0.000000234. The van der Waals surface area contributed by atoms with Gasteiger partial charge in [-0.1, -0.05) is 157 Å². The zero-order valence-electron chi connectivity index (χ0n) is 55.7. The van der Waals surface area contributed by atoms with E-state index < -0.39 is 0 Å². The third-order valence-corrected chi connectivity index (χ3v) is 16.0. The van der Waals surface area contributed by atoms with Crippen molar-refractivity contribution in [2.45, 2.75) is 58.2 Å². The number of rotatable bonds is 17. The summed E-state index contributed by atoms with van der Waals surface area (Å²) >= 11 is 1.96. The zero-order valence-corrected chi connectivity index (χ0v) is 56.8. The van der Waals surface area contributed by atoms with E-state index in [0.717, 1.165) is 119 Å². The molecule has 8 aromatic carbocycles. The van der Waals surface area contributed by atoms with Gasteiger partial charge in [0.15, 0.2) is 5.69 Å². The Morgan fingerprint density at radius 2 is 0.968 bits per heavy atom. The van der Waals surface area contributed by atoms with Crippen LogP contribution in [-0.2, 0) is 56.7 Å². The van der Waals surface area contributed by atoms with Crippen molar-refractivity contribution in [3.8, 4) is 23.3 Å². The first-order chi connectivity index (χ1) is 46.9. The summed E-state index contributed by atoms with van der Waals surface area (Å²) < 4.78 is 22.0. The predicted molar refractivity (Wildman–Crippen MR) is 382 cm³/mol. The number of benzene rings is 8. The fourth-order valence-electron chi connectivity index (χ4n) is 11.1. The van der Waals surface area contributed by atoms with E-state index in [1.807, 2.05) is 108 Å². The molecule has 0 aromatic heterocycles. The number of carbonyl (C=O) groups excluding carboxylic acids is 5. The van der Waals surface area contributed by atoms with E-state index in [9.17, 15) is 4.79 Å². The Hall–Kier alpha value is -9.66. The Bertz CT molecular complexity index is 3600. The van der Waals surface area contributed by atoms with Crippen LogP contribution in [0.15, 0.2) is 212 Å². The van der Waals surface area contributed by atoms with Gasteiger partial charge in [0, 0.05) is 123 Å². The van der Waals surface area contributed by atoms with E-state index in [0.29, 0.717) is 41.8 Å². The zero-order chi connectivity index (χ0) is 69.1. The van der Waals surface area contributed by atoms with Gasteiger partial charge in [0.05, 0.1) is 39.5 Å². The number of halogens is 1. The summed E-state index contributed by atoms with van der Waals surface area (Å²) in [4.78, 5) is 64.3. The maximum atomic E-state index is 13.3. The quantitative estimate of drug-likeness (QED) is 0.0495. The second-order valence-electron chi connectivity index (χ2n) is 21.9. The van der Waals surface area contributed by atoms with Crippen LogP contribution in [0.25, 0.3) is 4.85 Å². The highest BCUT2D eigenvalue weighted by Crippen LogP contribution is 2.28. The van der Waals surface area contributed by atoms with Gasteiger partial charge in [-0.3, -0.25) is 19.5 Å². The van der Waals surface area contributed by atoms with Crippen molar-refractivity contribution < 1.29 is 39.6 Å². The minimum atomic E-state index is -0.307. The number of amides is 1. The number of hydrogen-bond donors (Lipinski definition) is 2. The lowest BCUT2D eigenvalue weighted by molar-refractivity contribution is -0.193. The average molecular weight is 1400 g/mol. The molecule has 496 valence electrons. The first kappa shape index (κ1) is 74.4. The molecule has 0 radical (unpaired) electrons. The monoisotopic (exact) mass is 1400 g/mol. The molecule has 3 N–H and O–H groups in total. The molecule has 0 saturated carbocycles. The van der Waals surface area contributed by atoms with E-state index in [4.69, 9.17) is 52.3 Å². The normalized spacial score (nSPS) is 15.0. The van der Waals surface area contributed by atoms with E-state index >= 15 is 0 Å². The SMILES string of the molecule is CCC1CN(Cc2ccccc2)CCN1c1ccc(OC)cc1.COc1ccc(N2CCN(Cc3ccccc3)CC2)cc1.N#Cc1cccc(CN)c1.O=C=O.O=C=O.[2H]CI.[C-]#[N+]c1ccc(CNC(=O)C2CN(Cc3ccccc3)CCN2c2ccc(OC)cc2)cc1. The summed E-state index contributed by atoms with van der Waals surface area (Å²) in [5, 5.41) is 11.6. The molecule has 2 atom stereocenters. The summed E-state index contributed by atoms with van der Waals surface area (Å²) in [5.41, 5.74) is 16.3. The summed E-state index contributed by atoms with van der Waals surface area (Å²) in [6, 6.07) is 73.5. The Labute approximate surface area is 575 Å². The molecule has 3 aliphatic rings. The third-order valence-electron chi connectivity index (χ3n) is 16.0. The van der Waals surface area contributed by atoms with Crippen LogP contribution < -0.4 is 40.0 Å². The number of methoxy groups -OCH3 is 3. The number of hydrogen-bond acceptors (Lipinski definition) is 16. The van der Waals surface area contributed by atoms with Gasteiger partial charge in [-0.25, -0.2) is 4.85 Å². The highest BCUT2D eigenvalue weighted by Gasteiger charge is 2.33. The van der Waals surface area contributed by atoms with E-state index in [1.54, 1.807) is 45.6 Å². The third kappa shape index (κ3) is 26.3. The molecule has 95 heavy (non-hydrogen) atoms. The lowest BCUT2D eigenvalue weighted by Crippen LogP contribution is -2.59. The maximum absolute atomic E-state index is 13.3. The van der Waals surface area contributed by atoms with Crippen molar-refractivity contribution in [1.29, 1.82) is 5.26 Å². The van der Waals surface area contributed by atoms with E-state index in [2.05, 4.69) is 156 Å². The van der Waals surface area contributed by atoms with Crippen LogP contribution in [0.3, 0.4) is 0 Å². The number of anilines is 3. The van der Waals surface area contributed by atoms with Crippen LogP contribution >= 0.6 is 22.6 Å². The van der Waals surface area contributed by atoms with Crippen LogP contribution in [-0.4, -0.2) is 137 Å². The first-order valence-electron chi connectivity index (χ1n) is 31.9. The molecule has 19 heteroatoms. The van der Waals surface area contributed by atoms with Crippen LogP contribution in [0.4, 0.5) is 22.7 Å².